The molecule has 1 rings (SSSR count). The van der Waals surface area contributed by atoms with Gasteiger partial charge in [-0.25, -0.2) is 9.59 Å². The molecule has 0 aliphatic rings. The SMILES string of the molecule is CCOC(=O)c1cc(OS(C)(C)C(C)(C)C)nn1CCCNC(=O)OC(C)(C)C. The standard InChI is InChI=1S/C20H37N3O5S/c1-10-26-17(24)15-14-16(28-29(8,9)20(5,6)7)22-23(15)13-11-12-21-18(25)27-19(2,3)4/h14H,10-13H2,1-9H3,(H,21,25). The van der Waals surface area contributed by atoms with Gasteiger partial charge in [-0.15, -0.1) is 5.10 Å². The topological polar surface area (TPSA) is 91.7 Å². The number of nitrogens with one attached hydrogen (secondary N) is 1. The van der Waals surface area contributed by atoms with Gasteiger partial charge in [-0.05, 0) is 67.4 Å². The fourth-order valence-corrected chi connectivity index (χ4v) is 2.80. The zero-order valence-electron chi connectivity index (χ0n) is 19.2. The summed E-state index contributed by atoms with van der Waals surface area (Å²) in [7, 11) is -1.45. The monoisotopic (exact) mass is 431 g/mol. The predicted molar refractivity (Wildman–Crippen MR) is 117 cm³/mol. The van der Waals surface area contributed by atoms with Crippen LogP contribution >= 0.6 is 10.3 Å². The Kier molecular flexibility index (Phi) is 8.44. The van der Waals surface area contributed by atoms with Crippen LogP contribution in [0.3, 0.4) is 0 Å². The van der Waals surface area contributed by atoms with Gasteiger partial charge < -0.3 is 19.0 Å². The smallest absolute Gasteiger partial charge is 0.407 e. The Morgan fingerprint density at radius 1 is 1.17 bits per heavy atom. The molecule has 1 aromatic heterocycles. The summed E-state index contributed by atoms with van der Waals surface area (Å²) in [5.41, 5.74) is -0.208. The summed E-state index contributed by atoms with van der Waals surface area (Å²) in [4.78, 5) is 24.1. The number of alkyl carbamates (subject to hydrolysis) is 1. The number of carbonyl (C=O) groups excluding carboxylic acids is 2. The first-order chi connectivity index (χ1) is 13.2. The van der Waals surface area contributed by atoms with Gasteiger partial charge in [-0.3, -0.25) is 4.68 Å². The first kappa shape index (κ1) is 25.1. The number of hydrogen-bond acceptors (Lipinski definition) is 6. The van der Waals surface area contributed by atoms with E-state index in [1.54, 1.807) is 17.7 Å². The van der Waals surface area contributed by atoms with E-state index in [-0.39, 0.29) is 11.4 Å². The Balaban J connectivity index is 2.83. The van der Waals surface area contributed by atoms with E-state index in [1.165, 1.54) is 0 Å². The molecule has 0 spiro atoms. The minimum absolute atomic E-state index is 0.0434. The average Bonchev–Trinajstić information content (AvgIpc) is 2.91. The zero-order chi connectivity index (χ0) is 22.5. The van der Waals surface area contributed by atoms with Gasteiger partial charge in [0.05, 0.1) is 6.61 Å². The minimum atomic E-state index is -1.45. The number of carbonyl (C=O) groups is 2. The van der Waals surface area contributed by atoms with E-state index in [0.29, 0.717) is 31.1 Å². The molecule has 9 heteroatoms. The first-order valence-corrected chi connectivity index (χ1v) is 12.2. The van der Waals surface area contributed by atoms with Crippen molar-refractivity contribution >= 4 is 22.4 Å². The highest BCUT2D eigenvalue weighted by Gasteiger charge is 2.31. The fourth-order valence-electron chi connectivity index (χ4n) is 2.05. The summed E-state index contributed by atoms with van der Waals surface area (Å²) in [5, 5.41) is 7.16. The number of amides is 1. The Morgan fingerprint density at radius 2 is 1.79 bits per heavy atom. The third-order valence-corrected chi connectivity index (χ3v) is 7.76. The average molecular weight is 432 g/mol. The number of esters is 1. The quantitative estimate of drug-likeness (QED) is 0.491. The number of ether oxygens (including phenoxy) is 2. The van der Waals surface area contributed by atoms with Gasteiger partial charge in [0, 0.05) is 23.9 Å². The van der Waals surface area contributed by atoms with Crippen LogP contribution in [0.4, 0.5) is 4.79 Å². The molecule has 8 nitrogen and oxygen atoms in total. The maximum absolute atomic E-state index is 12.3. The summed E-state index contributed by atoms with van der Waals surface area (Å²) in [6.45, 7) is 14.6. The maximum Gasteiger partial charge on any atom is 0.407 e. The molecule has 0 aliphatic carbocycles. The fraction of sp³-hybridized carbons (Fsp3) is 0.750. The molecule has 0 radical (unpaired) electrons. The van der Waals surface area contributed by atoms with Gasteiger partial charge in [0.25, 0.3) is 0 Å². The van der Waals surface area contributed by atoms with Crippen molar-refractivity contribution in [2.45, 2.75) is 71.8 Å². The van der Waals surface area contributed by atoms with Crippen LogP contribution in [0, 0.1) is 0 Å². The molecule has 0 aromatic carbocycles. The largest absolute Gasteiger partial charge is 0.461 e. The van der Waals surface area contributed by atoms with Crippen LogP contribution in [0.2, 0.25) is 0 Å². The second-order valence-electron chi connectivity index (χ2n) is 9.02. The lowest BCUT2D eigenvalue weighted by Gasteiger charge is -2.42. The molecule has 0 atom stereocenters. The summed E-state index contributed by atoms with van der Waals surface area (Å²) < 4.78 is 18.0. The van der Waals surface area contributed by atoms with Crippen LogP contribution < -0.4 is 9.50 Å². The molecule has 0 aliphatic heterocycles. The number of aryl methyl sites for hydroxylation is 1. The van der Waals surface area contributed by atoms with Crippen molar-refractivity contribution in [2.75, 3.05) is 25.7 Å². The molecule has 0 saturated heterocycles. The van der Waals surface area contributed by atoms with Crippen LogP contribution in [0.25, 0.3) is 0 Å². The second kappa shape index (κ2) is 9.73. The van der Waals surface area contributed by atoms with E-state index in [0.717, 1.165) is 0 Å². The normalized spacial score (nSPS) is 13.0. The number of hydrogen-bond donors (Lipinski definition) is 1. The Labute approximate surface area is 176 Å². The van der Waals surface area contributed by atoms with E-state index in [2.05, 4.69) is 43.7 Å². The summed E-state index contributed by atoms with van der Waals surface area (Å²) in [6.07, 6.45) is 4.24. The molecule has 1 amide bonds. The first-order valence-electron chi connectivity index (χ1n) is 9.80. The molecule has 0 saturated carbocycles. The lowest BCUT2D eigenvalue weighted by atomic mass is 10.2. The lowest BCUT2D eigenvalue weighted by molar-refractivity contribution is 0.0501. The molecule has 29 heavy (non-hydrogen) atoms. The molecule has 168 valence electrons. The minimum Gasteiger partial charge on any atom is -0.461 e. The van der Waals surface area contributed by atoms with Crippen molar-refractivity contribution in [2.24, 2.45) is 0 Å². The van der Waals surface area contributed by atoms with Gasteiger partial charge in [0.2, 0.25) is 5.88 Å². The van der Waals surface area contributed by atoms with E-state index in [9.17, 15) is 9.59 Å². The van der Waals surface area contributed by atoms with Crippen LogP contribution in [0.5, 0.6) is 5.88 Å². The summed E-state index contributed by atoms with van der Waals surface area (Å²) in [5.74, 6) is -0.0402. The molecular weight excluding hydrogens is 394 g/mol. The highest BCUT2D eigenvalue weighted by Crippen LogP contribution is 2.53. The summed E-state index contributed by atoms with van der Waals surface area (Å²) in [6, 6.07) is 1.62. The molecule has 1 N–H and O–H groups in total. The molecule has 0 unspecified atom stereocenters. The highest BCUT2D eigenvalue weighted by atomic mass is 32.3. The van der Waals surface area contributed by atoms with Crippen molar-refractivity contribution in [3.05, 3.63) is 11.8 Å². The Morgan fingerprint density at radius 3 is 2.31 bits per heavy atom. The Bertz CT molecular complexity index is 702. The van der Waals surface area contributed by atoms with Crippen LogP contribution in [0.15, 0.2) is 6.07 Å². The van der Waals surface area contributed by atoms with Gasteiger partial charge >= 0.3 is 12.1 Å². The van der Waals surface area contributed by atoms with Crippen LogP contribution in [-0.2, 0) is 16.0 Å². The van der Waals surface area contributed by atoms with Crippen molar-refractivity contribution in [1.82, 2.24) is 15.1 Å². The van der Waals surface area contributed by atoms with Gasteiger partial charge in [0.15, 0.2) is 0 Å². The number of rotatable bonds is 8. The molecule has 1 heterocycles. The van der Waals surface area contributed by atoms with Crippen molar-refractivity contribution < 1.29 is 23.2 Å². The van der Waals surface area contributed by atoms with E-state index < -0.39 is 28.0 Å². The molecule has 1 aromatic rings. The van der Waals surface area contributed by atoms with Gasteiger partial charge in [-0.1, -0.05) is 10.3 Å². The summed E-state index contributed by atoms with van der Waals surface area (Å²) >= 11 is 0. The van der Waals surface area contributed by atoms with Gasteiger partial charge in [0.1, 0.15) is 11.3 Å². The lowest BCUT2D eigenvalue weighted by Crippen LogP contribution is -2.33. The highest BCUT2D eigenvalue weighted by molar-refractivity contribution is 8.30. The molecule has 0 bridgehead atoms. The third kappa shape index (κ3) is 8.16. The Hall–Kier alpha value is -1.90. The number of nitrogens with zero attached hydrogens (tertiary/aromatic N) is 2. The maximum atomic E-state index is 12.3. The van der Waals surface area contributed by atoms with Crippen LogP contribution in [0.1, 0.15) is 65.4 Å². The van der Waals surface area contributed by atoms with E-state index in [4.69, 9.17) is 13.7 Å². The van der Waals surface area contributed by atoms with Crippen molar-refractivity contribution in [1.29, 1.82) is 0 Å². The van der Waals surface area contributed by atoms with Gasteiger partial charge in [-0.2, -0.15) is 0 Å². The van der Waals surface area contributed by atoms with Crippen molar-refractivity contribution in [3.8, 4) is 5.88 Å². The second-order valence-corrected chi connectivity index (χ2v) is 12.9. The van der Waals surface area contributed by atoms with Crippen molar-refractivity contribution in [3.63, 3.8) is 0 Å². The van der Waals surface area contributed by atoms with E-state index >= 15 is 0 Å². The van der Waals surface area contributed by atoms with Crippen LogP contribution in [-0.4, -0.2) is 57.9 Å². The van der Waals surface area contributed by atoms with E-state index in [1.807, 2.05) is 20.8 Å². The zero-order valence-corrected chi connectivity index (χ0v) is 20.1. The molecular formula is C20H37N3O5S. The molecule has 0 fully saturated rings. The predicted octanol–water partition coefficient (Wildman–Crippen LogP) is 4.13. The third-order valence-electron chi connectivity index (χ3n) is 4.23. The number of aromatic nitrogens is 2.